The molecule has 0 fully saturated rings. The predicted molar refractivity (Wildman–Crippen MR) is 78.1 cm³/mol. The van der Waals surface area contributed by atoms with Gasteiger partial charge in [0.05, 0.1) is 11.3 Å². The number of sulfonamides is 1. The fourth-order valence-electron chi connectivity index (χ4n) is 1.98. The first-order valence-electron chi connectivity index (χ1n) is 6.57. The number of rotatable bonds is 7. The summed E-state index contributed by atoms with van der Waals surface area (Å²) in [5, 5.41) is 8.90. The van der Waals surface area contributed by atoms with Gasteiger partial charge in [-0.1, -0.05) is 32.9 Å². The minimum absolute atomic E-state index is 0.0913. The van der Waals surface area contributed by atoms with E-state index >= 15 is 0 Å². The lowest BCUT2D eigenvalue weighted by Gasteiger charge is -2.20. The van der Waals surface area contributed by atoms with Crippen molar-refractivity contribution in [3.8, 4) is 0 Å². The summed E-state index contributed by atoms with van der Waals surface area (Å²) in [4.78, 5) is 10.9. The van der Waals surface area contributed by atoms with Gasteiger partial charge in [0.25, 0.3) is 0 Å². The van der Waals surface area contributed by atoms with Crippen molar-refractivity contribution >= 4 is 16.0 Å². The molecule has 0 aliphatic heterocycles. The van der Waals surface area contributed by atoms with Gasteiger partial charge in [0.1, 0.15) is 0 Å². The molecule has 0 heterocycles. The van der Waals surface area contributed by atoms with Crippen LogP contribution in [0.1, 0.15) is 43.1 Å². The highest BCUT2D eigenvalue weighted by molar-refractivity contribution is 7.88. The van der Waals surface area contributed by atoms with E-state index in [1.165, 1.54) is 12.1 Å². The van der Waals surface area contributed by atoms with Gasteiger partial charge in [0, 0.05) is 6.04 Å². The first-order chi connectivity index (χ1) is 9.25. The van der Waals surface area contributed by atoms with Crippen molar-refractivity contribution in [1.82, 2.24) is 4.72 Å². The van der Waals surface area contributed by atoms with Crippen LogP contribution in [0.2, 0.25) is 0 Å². The Morgan fingerprint density at radius 1 is 1.35 bits per heavy atom. The summed E-state index contributed by atoms with van der Waals surface area (Å²) in [5.74, 6) is -1.07. The summed E-state index contributed by atoms with van der Waals surface area (Å²) >= 11 is 0. The van der Waals surface area contributed by atoms with Crippen LogP contribution < -0.4 is 4.72 Å². The number of hydrogen-bond donors (Lipinski definition) is 2. The number of carboxylic acid groups (broad SMARTS) is 1. The number of aromatic carboxylic acids is 1. The number of benzene rings is 1. The van der Waals surface area contributed by atoms with Gasteiger partial charge < -0.3 is 5.11 Å². The van der Waals surface area contributed by atoms with E-state index in [-0.39, 0.29) is 23.3 Å². The minimum Gasteiger partial charge on any atom is -0.478 e. The van der Waals surface area contributed by atoms with Gasteiger partial charge >= 0.3 is 5.97 Å². The lowest BCUT2D eigenvalue weighted by molar-refractivity contribution is 0.0696. The van der Waals surface area contributed by atoms with Crippen LogP contribution in [0.3, 0.4) is 0 Å². The SMILES string of the molecule is CCC(NS(=O)(=O)Cc1cccc(C(=O)O)c1)C(C)C. The lowest BCUT2D eigenvalue weighted by Crippen LogP contribution is -2.38. The molecule has 0 aromatic heterocycles. The number of carboxylic acids is 1. The summed E-state index contributed by atoms with van der Waals surface area (Å²) in [6.07, 6.45) is 0.714. The summed E-state index contributed by atoms with van der Waals surface area (Å²) < 4.78 is 26.9. The molecule has 0 amide bonds. The highest BCUT2D eigenvalue weighted by Crippen LogP contribution is 2.12. The molecular formula is C14H21NO4S. The number of nitrogens with one attached hydrogen (secondary N) is 1. The van der Waals surface area contributed by atoms with E-state index in [0.29, 0.717) is 12.0 Å². The monoisotopic (exact) mass is 299 g/mol. The summed E-state index contributed by atoms with van der Waals surface area (Å²) in [7, 11) is -3.48. The van der Waals surface area contributed by atoms with Gasteiger partial charge in [-0.3, -0.25) is 0 Å². The van der Waals surface area contributed by atoms with Crippen molar-refractivity contribution in [3.05, 3.63) is 35.4 Å². The Kier molecular flexibility index (Phi) is 5.71. The fraction of sp³-hybridized carbons (Fsp3) is 0.500. The van der Waals surface area contributed by atoms with Crippen molar-refractivity contribution in [3.63, 3.8) is 0 Å². The van der Waals surface area contributed by atoms with Crippen molar-refractivity contribution in [1.29, 1.82) is 0 Å². The average molecular weight is 299 g/mol. The second-order valence-electron chi connectivity index (χ2n) is 5.14. The Morgan fingerprint density at radius 2 is 2.00 bits per heavy atom. The topological polar surface area (TPSA) is 83.5 Å². The van der Waals surface area contributed by atoms with Crippen LogP contribution in [0.4, 0.5) is 0 Å². The quantitative estimate of drug-likeness (QED) is 0.808. The van der Waals surface area contributed by atoms with Crippen LogP contribution in [0.25, 0.3) is 0 Å². The third kappa shape index (κ3) is 4.94. The van der Waals surface area contributed by atoms with Crippen molar-refractivity contribution in [2.45, 2.75) is 39.0 Å². The Hall–Kier alpha value is -1.40. The van der Waals surface area contributed by atoms with Crippen LogP contribution in [-0.2, 0) is 15.8 Å². The van der Waals surface area contributed by atoms with Crippen LogP contribution in [0.5, 0.6) is 0 Å². The van der Waals surface area contributed by atoms with Gasteiger partial charge in [-0.05, 0) is 30.0 Å². The van der Waals surface area contributed by atoms with E-state index in [1.54, 1.807) is 12.1 Å². The second kappa shape index (κ2) is 6.85. The van der Waals surface area contributed by atoms with Gasteiger partial charge in [-0.2, -0.15) is 0 Å². The third-order valence-corrected chi connectivity index (χ3v) is 4.48. The van der Waals surface area contributed by atoms with Gasteiger partial charge in [-0.25, -0.2) is 17.9 Å². The first-order valence-corrected chi connectivity index (χ1v) is 8.22. The van der Waals surface area contributed by atoms with E-state index in [1.807, 2.05) is 20.8 Å². The molecule has 0 radical (unpaired) electrons. The maximum absolute atomic E-state index is 12.1. The third-order valence-electron chi connectivity index (χ3n) is 3.11. The van der Waals surface area contributed by atoms with Crippen LogP contribution in [0, 0.1) is 5.92 Å². The maximum Gasteiger partial charge on any atom is 0.335 e. The zero-order valence-corrected chi connectivity index (χ0v) is 12.8. The summed E-state index contributed by atoms with van der Waals surface area (Å²) in [5.41, 5.74) is 0.560. The second-order valence-corrected chi connectivity index (χ2v) is 6.90. The Morgan fingerprint density at radius 3 is 2.50 bits per heavy atom. The molecule has 5 nitrogen and oxygen atoms in total. The average Bonchev–Trinajstić information content (AvgIpc) is 2.35. The van der Waals surface area contributed by atoms with Crippen LogP contribution in [-0.4, -0.2) is 25.5 Å². The molecule has 0 spiro atoms. The smallest absolute Gasteiger partial charge is 0.335 e. The molecule has 0 saturated carbocycles. The van der Waals surface area contributed by atoms with Gasteiger partial charge in [0.2, 0.25) is 10.0 Å². The Balaban J connectivity index is 2.86. The molecule has 0 aliphatic rings. The summed E-state index contributed by atoms with van der Waals surface area (Å²) in [6.45, 7) is 5.85. The molecule has 1 aromatic carbocycles. The molecule has 1 unspecified atom stereocenters. The molecule has 0 bridgehead atoms. The summed E-state index contributed by atoms with van der Waals surface area (Å²) in [6, 6.07) is 5.88. The molecule has 6 heteroatoms. The van der Waals surface area contributed by atoms with Crippen molar-refractivity contribution < 1.29 is 18.3 Å². The van der Waals surface area contributed by atoms with E-state index in [2.05, 4.69) is 4.72 Å². The first kappa shape index (κ1) is 16.7. The fourth-order valence-corrected chi connectivity index (χ4v) is 3.58. The molecule has 1 rings (SSSR count). The van der Waals surface area contributed by atoms with E-state index < -0.39 is 16.0 Å². The largest absolute Gasteiger partial charge is 0.478 e. The highest BCUT2D eigenvalue weighted by atomic mass is 32.2. The zero-order valence-electron chi connectivity index (χ0n) is 12.0. The molecule has 0 aliphatic carbocycles. The van der Waals surface area contributed by atoms with E-state index in [4.69, 9.17) is 5.11 Å². The molecule has 1 atom stereocenters. The van der Waals surface area contributed by atoms with Gasteiger partial charge in [0.15, 0.2) is 0 Å². The van der Waals surface area contributed by atoms with Crippen molar-refractivity contribution in [2.24, 2.45) is 5.92 Å². The normalized spacial score (nSPS) is 13.4. The van der Waals surface area contributed by atoms with E-state index in [0.717, 1.165) is 0 Å². The Labute approximate surface area is 120 Å². The molecule has 20 heavy (non-hydrogen) atoms. The molecular weight excluding hydrogens is 278 g/mol. The molecule has 1 aromatic rings. The lowest BCUT2D eigenvalue weighted by atomic mass is 10.0. The van der Waals surface area contributed by atoms with Crippen LogP contribution in [0.15, 0.2) is 24.3 Å². The number of hydrogen-bond acceptors (Lipinski definition) is 3. The van der Waals surface area contributed by atoms with Crippen molar-refractivity contribution in [2.75, 3.05) is 0 Å². The molecule has 2 N–H and O–H groups in total. The maximum atomic E-state index is 12.1. The predicted octanol–water partition coefficient (Wildman–Crippen LogP) is 2.24. The zero-order chi connectivity index (χ0) is 15.3. The number of carbonyl (C=O) groups is 1. The highest BCUT2D eigenvalue weighted by Gasteiger charge is 2.20. The molecule has 0 saturated heterocycles. The molecule has 112 valence electrons. The Bertz CT molecular complexity index is 566. The van der Waals surface area contributed by atoms with Gasteiger partial charge in [-0.15, -0.1) is 0 Å². The van der Waals surface area contributed by atoms with E-state index in [9.17, 15) is 13.2 Å². The standard InChI is InChI=1S/C14H21NO4S/c1-4-13(10(2)3)15-20(18,19)9-11-6-5-7-12(8-11)14(16)17/h5-8,10,13,15H,4,9H2,1-3H3,(H,16,17). The van der Waals surface area contributed by atoms with Crippen LogP contribution >= 0.6 is 0 Å². The minimum atomic E-state index is -3.48.